The van der Waals surface area contributed by atoms with Crippen LogP contribution in [0.15, 0.2) is 47.4 Å². The lowest BCUT2D eigenvalue weighted by Gasteiger charge is -2.15. The van der Waals surface area contributed by atoms with Gasteiger partial charge in [0.2, 0.25) is 0 Å². The molecule has 4 heteroatoms. The molecule has 1 atom stereocenters. The summed E-state index contributed by atoms with van der Waals surface area (Å²) >= 11 is 1.44. The van der Waals surface area contributed by atoms with Crippen LogP contribution in [0.4, 0.5) is 4.39 Å². The Labute approximate surface area is 122 Å². The summed E-state index contributed by atoms with van der Waals surface area (Å²) in [5.41, 5.74) is 8.48. The molecule has 2 N–H and O–H groups in total. The van der Waals surface area contributed by atoms with E-state index in [4.69, 9.17) is 10.5 Å². The fourth-order valence-corrected chi connectivity index (χ4v) is 3.28. The molecule has 0 aliphatic carbocycles. The molecule has 0 spiro atoms. The van der Waals surface area contributed by atoms with E-state index in [1.807, 2.05) is 18.2 Å². The van der Waals surface area contributed by atoms with Crippen molar-refractivity contribution in [2.45, 2.75) is 17.4 Å². The van der Waals surface area contributed by atoms with E-state index in [2.05, 4.69) is 6.07 Å². The van der Waals surface area contributed by atoms with Crippen molar-refractivity contribution in [3.63, 3.8) is 0 Å². The molecule has 2 aromatic carbocycles. The lowest BCUT2D eigenvalue weighted by Crippen LogP contribution is -2.14. The number of nitrogens with two attached hydrogens (primary N) is 1. The number of hydrogen-bond acceptors (Lipinski definition) is 3. The van der Waals surface area contributed by atoms with Crippen LogP contribution in [0.3, 0.4) is 0 Å². The van der Waals surface area contributed by atoms with E-state index < -0.39 is 0 Å². The zero-order chi connectivity index (χ0) is 13.9. The van der Waals surface area contributed by atoms with Crippen molar-refractivity contribution in [2.75, 3.05) is 12.4 Å². The van der Waals surface area contributed by atoms with Crippen LogP contribution in [0.5, 0.6) is 5.75 Å². The quantitative estimate of drug-likeness (QED) is 0.874. The molecule has 104 valence electrons. The van der Waals surface area contributed by atoms with Gasteiger partial charge in [0.25, 0.3) is 0 Å². The minimum Gasteiger partial charge on any atom is -0.493 e. The molecule has 20 heavy (non-hydrogen) atoms. The van der Waals surface area contributed by atoms with Crippen LogP contribution in [0.2, 0.25) is 0 Å². The number of rotatable bonds is 4. The number of para-hydroxylation sites is 1. The highest BCUT2D eigenvalue weighted by Gasteiger charge is 2.20. The molecule has 0 saturated carbocycles. The second-order valence-electron chi connectivity index (χ2n) is 4.78. The summed E-state index contributed by atoms with van der Waals surface area (Å²) in [5, 5.41) is 0. The van der Waals surface area contributed by atoms with Gasteiger partial charge in [-0.1, -0.05) is 30.3 Å². The van der Waals surface area contributed by atoms with Gasteiger partial charge in [-0.25, -0.2) is 4.39 Å². The second-order valence-corrected chi connectivity index (χ2v) is 5.84. The van der Waals surface area contributed by atoms with E-state index in [0.29, 0.717) is 10.6 Å². The van der Waals surface area contributed by atoms with Gasteiger partial charge in [-0.15, -0.1) is 11.8 Å². The van der Waals surface area contributed by atoms with Gasteiger partial charge in [0.05, 0.1) is 6.61 Å². The van der Waals surface area contributed by atoms with Crippen LogP contribution < -0.4 is 10.5 Å². The first kappa shape index (κ1) is 13.5. The summed E-state index contributed by atoms with van der Waals surface area (Å²) in [7, 11) is 0. The minimum absolute atomic E-state index is 0.160. The maximum atomic E-state index is 13.6. The fraction of sp³-hybridized carbons (Fsp3) is 0.250. The number of hydrogen-bond donors (Lipinski definition) is 1. The Morgan fingerprint density at radius 3 is 2.90 bits per heavy atom. The maximum absolute atomic E-state index is 13.6. The van der Waals surface area contributed by atoms with Crippen LogP contribution in [0.1, 0.15) is 17.2 Å². The van der Waals surface area contributed by atoms with Crippen molar-refractivity contribution in [1.82, 2.24) is 0 Å². The molecular weight excluding hydrogens is 273 g/mol. The van der Waals surface area contributed by atoms with Gasteiger partial charge in [-0.2, -0.15) is 0 Å². The molecule has 0 saturated heterocycles. The Kier molecular flexibility index (Phi) is 3.94. The van der Waals surface area contributed by atoms with Crippen LogP contribution in [-0.4, -0.2) is 12.4 Å². The Bertz CT molecular complexity index is 617. The highest BCUT2D eigenvalue weighted by Crippen LogP contribution is 2.35. The maximum Gasteiger partial charge on any atom is 0.136 e. The summed E-state index contributed by atoms with van der Waals surface area (Å²) < 4.78 is 19.2. The topological polar surface area (TPSA) is 35.2 Å². The van der Waals surface area contributed by atoms with Gasteiger partial charge in [0.1, 0.15) is 11.6 Å². The van der Waals surface area contributed by atoms with Gasteiger partial charge in [-0.05, 0) is 17.7 Å². The summed E-state index contributed by atoms with van der Waals surface area (Å²) in [4.78, 5) is 0.636. The number of benzene rings is 2. The molecule has 3 rings (SSSR count). The number of thioether (sulfide) groups is 1. The number of ether oxygens (including phenoxy) is 1. The van der Waals surface area contributed by atoms with E-state index in [1.54, 1.807) is 12.1 Å². The molecule has 2 nitrogen and oxygen atoms in total. The third kappa shape index (κ3) is 2.67. The number of fused-ring (bicyclic) bond motifs is 1. The standard InChI is InChI=1S/C16H16FNOS/c17-13-6-1-2-7-15(13)20-10-14(18)12-5-3-4-11-8-9-19-16(11)12/h1-7,14H,8-10,18H2. The van der Waals surface area contributed by atoms with E-state index in [0.717, 1.165) is 24.3 Å². The molecular formula is C16H16FNOS. The summed E-state index contributed by atoms with van der Waals surface area (Å²) in [6.45, 7) is 0.722. The molecule has 2 aromatic rings. The molecule has 0 amide bonds. The van der Waals surface area contributed by atoms with E-state index in [-0.39, 0.29) is 11.9 Å². The average Bonchev–Trinajstić information content (AvgIpc) is 2.94. The smallest absolute Gasteiger partial charge is 0.136 e. The molecule has 0 fully saturated rings. The molecule has 1 unspecified atom stereocenters. The number of halogens is 1. The van der Waals surface area contributed by atoms with E-state index >= 15 is 0 Å². The highest BCUT2D eigenvalue weighted by atomic mass is 32.2. The van der Waals surface area contributed by atoms with E-state index in [1.165, 1.54) is 23.4 Å². The Hall–Kier alpha value is -1.52. The fourth-order valence-electron chi connectivity index (χ4n) is 2.36. The average molecular weight is 289 g/mol. The molecule has 1 aliphatic heterocycles. The first-order chi connectivity index (χ1) is 9.75. The van der Waals surface area contributed by atoms with Gasteiger partial charge >= 0.3 is 0 Å². The largest absolute Gasteiger partial charge is 0.493 e. The molecule has 1 aliphatic rings. The Morgan fingerprint density at radius 1 is 1.20 bits per heavy atom. The van der Waals surface area contributed by atoms with Gasteiger partial charge in [-0.3, -0.25) is 0 Å². The SMILES string of the molecule is NC(CSc1ccccc1F)c1cccc2c1OCC2. The van der Waals surface area contributed by atoms with Crippen LogP contribution in [0.25, 0.3) is 0 Å². The minimum atomic E-state index is -0.195. The van der Waals surface area contributed by atoms with Crippen LogP contribution >= 0.6 is 11.8 Å². The predicted octanol–water partition coefficient (Wildman–Crippen LogP) is 3.55. The molecule has 0 radical (unpaired) electrons. The summed E-state index contributed by atoms with van der Waals surface area (Å²) in [6.07, 6.45) is 0.941. The van der Waals surface area contributed by atoms with Gasteiger partial charge in [0.15, 0.2) is 0 Å². The second kappa shape index (κ2) is 5.85. The first-order valence-corrected chi connectivity index (χ1v) is 7.62. The Balaban J connectivity index is 1.73. The Morgan fingerprint density at radius 2 is 2.05 bits per heavy atom. The van der Waals surface area contributed by atoms with Gasteiger partial charge < -0.3 is 10.5 Å². The van der Waals surface area contributed by atoms with Crippen molar-refractivity contribution in [1.29, 1.82) is 0 Å². The summed E-state index contributed by atoms with van der Waals surface area (Å²) in [6, 6.07) is 12.7. The zero-order valence-corrected chi connectivity index (χ0v) is 11.8. The third-order valence-electron chi connectivity index (χ3n) is 3.40. The van der Waals surface area contributed by atoms with Crippen LogP contribution in [-0.2, 0) is 6.42 Å². The third-order valence-corrected chi connectivity index (χ3v) is 4.57. The highest BCUT2D eigenvalue weighted by molar-refractivity contribution is 7.99. The summed E-state index contributed by atoms with van der Waals surface area (Å²) in [5.74, 6) is 1.36. The normalized spacial score (nSPS) is 14.7. The van der Waals surface area contributed by atoms with Crippen molar-refractivity contribution in [2.24, 2.45) is 5.73 Å². The van der Waals surface area contributed by atoms with Crippen molar-refractivity contribution >= 4 is 11.8 Å². The van der Waals surface area contributed by atoms with Crippen LogP contribution in [0, 0.1) is 5.82 Å². The van der Waals surface area contributed by atoms with E-state index in [9.17, 15) is 4.39 Å². The van der Waals surface area contributed by atoms with Crippen molar-refractivity contribution in [3.8, 4) is 5.75 Å². The predicted molar refractivity (Wildman–Crippen MR) is 79.7 cm³/mol. The van der Waals surface area contributed by atoms with Gasteiger partial charge in [0, 0.05) is 28.7 Å². The molecule has 0 bridgehead atoms. The lowest BCUT2D eigenvalue weighted by molar-refractivity contribution is 0.352. The molecule has 1 heterocycles. The van der Waals surface area contributed by atoms with Crippen molar-refractivity contribution < 1.29 is 9.13 Å². The lowest BCUT2D eigenvalue weighted by atomic mass is 10.0. The molecule has 0 aromatic heterocycles. The first-order valence-electron chi connectivity index (χ1n) is 6.63. The van der Waals surface area contributed by atoms with Crippen molar-refractivity contribution in [3.05, 3.63) is 59.4 Å². The monoisotopic (exact) mass is 289 g/mol. The zero-order valence-electron chi connectivity index (χ0n) is 11.0.